The molecule has 1 aromatic heterocycles. The van der Waals surface area contributed by atoms with Crippen LogP contribution in [0.3, 0.4) is 0 Å². The second-order valence-electron chi connectivity index (χ2n) is 3.64. The molecule has 1 heterocycles. The average Bonchev–Trinajstić information content (AvgIpc) is 2.49. The van der Waals surface area contributed by atoms with Gasteiger partial charge in [-0.05, 0) is 35.4 Å². The molecule has 0 amide bonds. The van der Waals surface area contributed by atoms with E-state index in [0.29, 0.717) is 11.1 Å². The molecular formula is C15H15F2NO3. The van der Waals surface area contributed by atoms with Crippen molar-refractivity contribution >= 4 is 5.97 Å². The van der Waals surface area contributed by atoms with Crippen LogP contribution in [0.15, 0.2) is 42.6 Å². The fourth-order valence-electron chi connectivity index (χ4n) is 1.58. The van der Waals surface area contributed by atoms with Crippen molar-refractivity contribution in [3.05, 3.63) is 48.3 Å². The Kier molecular flexibility index (Phi) is 6.26. The van der Waals surface area contributed by atoms with Gasteiger partial charge in [0.25, 0.3) is 0 Å². The SMILES string of the molecule is CC.O=C(O)c1cc(-c2cccc(OC(F)F)c2)ccn1. The van der Waals surface area contributed by atoms with Crippen LogP contribution in [-0.4, -0.2) is 22.7 Å². The van der Waals surface area contributed by atoms with E-state index < -0.39 is 12.6 Å². The van der Waals surface area contributed by atoms with E-state index in [2.05, 4.69) is 9.72 Å². The van der Waals surface area contributed by atoms with Crippen molar-refractivity contribution < 1.29 is 23.4 Å². The minimum absolute atomic E-state index is 0.0150. The van der Waals surface area contributed by atoms with Gasteiger partial charge in [-0.3, -0.25) is 0 Å². The first-order valence-electron chi connectivity index (χ1n) is 6.31. The lowest BCUT2D eigenvalue weighted by Crippen LogP contribution is -2.02. The number of carboxylic acids is 1. The number of carboxylic acid groups (broad SMARTS) is 1. The molecule has 112 valence electrons. The lowest BCUT2D eigenvalue weighted by atomic mass is 10.1. The summed E-state index contributed by atoms with van der Waals surface area (Å²) in [6, 6.07) is 8.98. The van der Waals surface area contributed by atoms with E-state index in [-0.39, 0.29) is 11.4 Å². The van der Waals surface area contributed by atoms with E-state index >= 15 is 0 Å². The maximum absolute atomic E-state index is 12.1. The van der Waals surface area contributed by atoms with E-state index in [0.717, 1.165) is 0 Å². The summed E-state index contributed by atoms with van der Waals surface area (Å²) >= 11 is 0. The van der Waals surface area contributed by atoms with Crippen LogP contribution < -0.4 is 4.74 Å². The van der Waals surface area contributed by atoms with E-state index in [1.54, 1.807) is 18.2 Å². The Morgan fingerprint density at radius 1 is 1.19 bits per heavy atom. The molecule has 0 aliphatic carbocycles. The standard InChI is InChI=1S/C13H9F2NO3.C2H6/c14-13(15)19-10-3-1-2-8(6-10)9-4-5-16-11(7-9)12(17)18;1-2/h1-7,13H,(H,17,18);1-2H3. The lowest BCUT2D eigenvalue weighted by Gasteiger charge is -2.07. The number of aromatic carboxylic acids is 1. The van der Waals surface area contributed by atoms with Crippen LogP contribution in [0.4, 0.5) is 8.78 Å². The van der Waals surface area contributed by atoms with Gasteiger partial charge in [0.05, 0.1) is 0 Å². The number of ether oxygens (including phenoxy) is 1. The molecule has 0 aliphatic rings. The van der Waals surface area contributed by atoms with Crippen molar-refractivity contribution in [2.75, 3.05) is 0 Å². The molecule has 0 aliphatic heterocycles. The monoisotopic (exact) mass is 295 g/mol. The number of benzene rings is 1. The number of rotatable bonds is 4. The Morgan fingerprint density at radius 3 is 2.48 bits per heavy atom. The second-order valence-corrected chi connectivity index (χ2v) is 3.64. The normalized spacial score (nSPS) is 9.76. The van der Waals surface area contributed by atoms with Gasteiger partial charge in [-0.2, -0.15) is 8.78 Å². The number of halogens is 2. The Balaban J connectivity index is 0.00000106. The van der Waals surface area contributed by atoms with Crippen LogP contribution in [-0.2, 0) is 0 Å². The summed E-state index contributed by atoms with van der Waals surface area (Å²) in [5.41, 5.74) is 1.02. The van der Waals surface area contributed by atoms with Crippen molar-refractivity contribution in [2.45, 2.75) is 20.5 Å². The van der Waals surface area contributed by atoms with Crippen molar-refractivity contribution in [2.24, 2.45) is 0 Å². The molecule has 0 atom stereocenters. The molecule has 0 fully saturated rings. The molecule has 0 saturated heterocycles. The Labute approximate surface area is 121 Å². The highest BCUT2D eigenvalue weighted by Gasteiger charge is 2.08. The van der Waals surface area contributed by atoms with Gasteiger partial charge in [0.1, 0.15) is 11.4 Å². The van der Waals surface area contributed by atoms with Gasteiger partial charge < -0.3 is 9.84 Å². The summed E-state index contributed by atoms with van der Waals surface area (Å²) in [6.45, 7) is 1.10. The van der Waals surface area contributed by atoms with Crippen LogP contribution >= 0.6 is 0 Å². The number of alkyl halides is 2. The highest BCUT2D eigenvalue weighted by atomic mass is 19.3. The molecular weight excluding hydrogens is 280 g/mol. The molecule has 0 unspecified atom stereocenters. The van der Waals surface area contributed by atoms with Crippen LogP contribution in [0.25, 0.3) is 11.1 Å². The van der Waals surface area contributed by atoms with E-state index in [4.69, 9.17) is 5.11 Å². The van der Waals surface area contributed by atoms with Crippen LogP contribution in [0.5, 0.6) is 5.75 Å². The van der Waals surface area contributed by atoms with Crippen LogP contribution in [0.2, 0.25) is 0 Å². The zero-order valence-electron chi connectivity index (χ0n) is 11.6. The molecule has 6 heteroatoms. The van der Waals surface area contributed by atoms with E-state index in [9.17, 15) is 13.6 Å². The minimum atomic E-state index is -2.90. The molecule has 2 rings (SSSR count). The van der Waals surface area contributed by atoms with Gasteiger partial charge in [0, 0.05) is 6.20 Å². The van der Waals surface area contributed by atoms with Crippen LogP contribution in [0.1, 0.15) is 24.3 Å². The molecule has 21 heavy (non-hydrogen) atoms. The van der Waals surface area contributed by atoms with Crippen molar-refractivity contribution in [1.29, 1.82) is 0 Å². The maximum Gasteiger partial charge on any atom is 0.387 e. The summed E-state index contributed by atoms with van der Waals surface area (Å²) in [5.74, 6) is -1.14. The number of pyridine rings is 1. The fraction of sp³-hybridized carbons (Fsp3) is 0.200. The molecule has 1 aromatic carbocycles. The van der Waals surface area contributed by atoms with Crippen LogP contribution in [0, 0.1) is 0 Å². The highest BCUT2D eigenvalue weighted by molar-refractivity contribution is 5.87. The summed E-state index contributed by atoms with van der Waals surface area (Å²) in [4.78, 5) is 14.5. The first-order valence-corrected chi connectivity index (χ1v) is 6.31. The lowest BCUT2D eigenvalue weighted by molar-refractivity contribution is -0.0498. The number of hydrogen-bond donors (Lipinski definition) is 1. The van der Waals surface area contributed by atoms with Gasteiger partial charge in [-0.1, -0.05) is 26.0 Å². The Hall–Kier alpha value is -2.50. The molecule has 0 radical (unpaired) electrons. The quantitative estimate of drug-likeness (QED) is 0.923. The molecule has 1 N–H and O–H groups in total. The van der Waals surface area contributed by atoms with E-state index in [1.807, 2.05) is 13.8 Å². The molecule has 2 aromatic rings. The van der Waals surface area contributed by atoms with Gasteiger partial charge in [0.2, 0.25) is 0 Å². The smallest absolute Gasteiger partial charge is 0.387 e. The predicted molar refractivity (Wildman–Crippen MR) is 74.6 cm³/mol. The summed E-state index contributed by atoms with van der Waals surface area (Å²) in [5, 5.41) is 8.84. The van der Waals surface area contributed by atoms with Crippen molar-refractivity contribution in [3.8, 4) is 16.9 Å². The molecule has 4 nitrogen and oxygen atoms in total. The highest BCUT2D eigenvalue weighted by Crippen LogP contribution is 2.25. The third kappa shape index (κ3) is 4.83. The first kappa shape index (κ1) is 16.6. The van der Waals surface area contributed by atoms with E-state index in [1.165, 1.54) is 24.4 Å². The number of carbonyl (C=O) groups is 1. The Bertz CT molecular complexity index is 603. The largest absolute Gasteiger partial charge is 0.477 e. The zero-order valence-corrected chi connectivity index (χ0v) is 11.6. The van der Waals surface area contributed by atoms with Crippen molar-refractivity contribution in [3.63, 3.8) is 0 Å². The summed E-state index contributed by atoms with van der Waals surface area (Å²) in [6.07, 6.45) is 1.35. The average molecular weight is 295 g/mol. The predicted octanol–water partition coefficient (Wildman–Crippen LogP) is 4.07. The van der Waals surface area contributed by atoms with Gasteiger partial charge in [-0.15, -0.1) is 0 Å². The van der Waals surface area contributed by atoms with Gasteiger partial charge in [0.15, 0.2) is 0 Å². The third-order valence-electron chi connectivity index (χ3n) is 2.37. The summed E-state index contributed by atoms with van der Waals surface area (Å²) in [7, 11) is 0. The summed E-state index contributed by atoms with van der Waals surface area (Å²) < 4.78 is 28.5. The first-order chi connectivity index (χ1) is 10.1. The van der Waals surface area contributed by atoms with Gasteiger partial charge >= 0.3 is 12.6 Å². The molecule has 0 saturated carbocycles. The zero-order chi connectivity index (χ0) is 15.8. The Morgan fingerprint density at radius 2 is 1.86 bits per heavy atom. The topological polar surface area (TPSA) is 59.4 Å². The molecule has 0 bridgehead atoms. The van der Waals surface area contributed by atoms with Crippen molar-refractivity contribution in [1.82, 2.24) is 4.98 Å². The minimum Gasteiger partial charge on any atom is -0.477 e. The molecule has 0 spiro atoms. The third-order valence-corrected chi connectivity index (χ3v) is 2.37. The number of hydrogen-bond acceptors (Lipinski definition) is 3. The number of aromatic nitrogens is 1. The fourth-order valence-corrected chi connectivity index (χ4v) is 1.58. The second kappa shape index (κ2) is 7.94. The number of nitrogens with zero attached hydrogens (tertiary/aromatic N) is 1. The van der Waals surface area contributed by atoms with Gasteiger partial charge in [-0.25, -0.2) is 9.78 Å². The maximum atomic E-state index is 12.1.